The number of hydrazone groups is 1. The van der Waals surface area contributed by atoms with Gasteiger partial charge in [0.1, 0.15) is 23.2 Å². The number of hydrogen-bond acceptors (Lipinski definition) is 9. The fraction of sp³-hybridized carbons (Fsp3) is 0.829. The fourth-order valence-corrected chi connectivity index (χ4v) is 11.3. The summed E-state index contributed by atoms with van der Waals surface area (Å²) in [6, 6.07) is -2.52. The van der Waals surface area contributed by atoms with Crippen LogP contribution in [0.1, 0.15) is 91.4 Å². The van der Waals surface area contributed by atoms with Crippen LogP contribution in [0.5, 0.6) is 0 Å². The van der Waals surface area contributed by atoms with Crippen molar-refractivity contribution in [1.29, 1.82) is 0 Å². The molecule has 9 atom stereocenters. The summed E-state index contributed by atoms with van der Waals surface area (Å²) in [5, 5.41) is 22.2. The van der Waals surface area contributed by atoms with E-state index in [1.54, 1.807) is 20.8 Å². The average Bonchev–Trinajstić information content (AvgIpc) is 3.56. The number of carboxylic acid groups (broad SMARTS) is 1. The van der Waals surface area contributed by atoms with E-state index in [2.05, 4.69) is 10.6 Å². The molecule has 5 heterocycles. The Hall–Kier alpha value is -2.48. The zero-order valence-electron chi connectivity index (χ0n) is 29.1. The smallest absolute Gasteiger partial charge is 0.408 e. The van der Waals surface area contributed by atoms with E-state index < -0.39 is 53.1 Å². The predicted octanol–water partition coefficient (Wildman–Crippen LogP) is 4.12. The number of amides is 4. The molecule has 0 radical (unpaired) electrons. The van der Waals surface area contributed by atoms with Gasteiger partial charge in [0.25, 0.3) is 0 Å². The SMILES string of the molecule is CC(C)(C)OC(=O)N[C@@H]1CCCCCCC[C@@H]2C[C@]2(C(=O)O)NC(=O)C2C[C@H](N3N=C[C@H](C4CCSC4)C(C4CCSC4)C3=O)CN2C1=O. The molecule has 4 amide bonds. The number of carboxylic acids is 1. The second kappa shape index (κ2) is 15.0. The number of carbonyl (C=O) groups is 5. The van der Waals surface area contributed by atoms with Crippen LogP contribution in [0.4, 0.5) is 4.79 Å². The average molecular weight is 720 g/mol. The molecule has 5 aliphatic heterocycles. The van der Waals surface area contributed by atoms with Gasteiger partial charge in [-0.15, -0.1) is 0 Å². The molecular weight excluding hydrogens is 667 g/mol. The van der Waals surface area contributed by atoms with Crippen molar-refractivity contribution in [3.63, 3.8) is 0 Å². The predicted molar refractivity (Wildman–Crippen MR) is 189 cm³/mol. The van der Waals surface area contributed by atoms with Crippen LogP contribution in [0, 0.1) is 29.6 Å². The third kappa shape index (κ3) is 8.05. The third-order valence-corrected chi connectivity index (χ3v) is 13.7. The first-order valence-corrected chi connectivity index (χ1v) is 20.6. The summed E-state index contributed by atoms with van der Waals surface area (Å²) in [6.07, 6.45) is 9.15. The first-order chi connectivity index (χ1) is 23.4. The summed E-state index contributed by atoms with van der Waals surface area (Å²) in [5.41, 5.74) is -2.12. The normalized spacial score (nSPS) is 37.5. The van der Waals surface area contributed by atoms with Gasteiger partial charge in [0.2, 0.25) is 17.7 Å². The van der Waals surface area contributed by atoms with Gasteiger partial charge in [-0.3, -0.25) is 14.4 Å². The van der Waals surface area contributed by atoms with Crippen LogP contribution in [0.25, 0.3) is 0 Å². The molecule has 0 bridgehead atoms. The highest BCUT2D eigenvalue weighted by atomic mass is 32.2. The second-order valence-corrected chi connectivity index (χ2v) is 18.2. The maximum atomic E-state index is 14.5. The molecule has 14 heteroatoms. The molecule has 0 aromatic carbocycles. The number of hydrogen-bond donors (Lipinski definition) is 3. The van der Waals surface area contributed by atoms with Crippen LogP contribution >= 0.6 is 23.5 Å². The lowest BCUT2D eigenvalue weighted by molar-refractivity contribution is -0.146. The number of ether oxygens (including phenoxy) is 1. The van der Waals surface area contributed by atoms with Gasteiger partial charge in [0.05, 0.1) is 12.0 Å². The van der Waals surface area contributed by atoms with Crippen LogP contribution < -0.4 is 10.6 Å². The number of fused-ring (bicyclic) bond motifs is 2. The number of nitrogens with zero attached hydrogens (tertiary/aromatic N) is 3. The van der Waals surface area contributed by atoms with E-state index in [1.807, 2.05) is 29.7 Å². The molecular formula is C35H53N5O7S2. The Kier molecular flexibility index (Phi) is 11.1. The van der Waals surface area contributed by atoms with Crippen LogP contribution in [-0.2, 0) is 23.9 Å². The van der Waals surface area contributed by atoms with Crippen molar-refractivity contribution in [3.8, 4) is 0 Å². The minimum atomic E-state index is -1.35. The van der Waals surface area contributed by atoms with Gasteiger partial charge in [0.15, 0.2) is 0 Å². The maximum absolute atomic E-state index is 14.5. The van der Waals surface area contributed by atoms with Crippen molar-refractivity contribution in [2.45, 2.75) is 121 Å². The number of alkyl carbamates (subject to hydrolysis) is 1. The lowest BCUT2D eigenvalue weighted by atomic mass is 9.73. The van der Waals surface area contributed by atoms with Crippen molar-refractivity contribution in [1.82, 2.24) is 20.5 Å². The number of aliphatic carboxylic acids is 1. The highest BCUT2D eigenvalue weighted by molar-refractivity contribution is 7.99. The Balaban J connectivity index is 1.29. The molecule has 12 nitrogen and oxygen atoms in total. The standard InChI is InChI=1S/C35H53N5O7S2/c1-34(2,3)47-33(46)37-26-10-8-6-4-5-7-9-23-16-35(23,32(44)45)38-29(41)27-15-24(18-39(27)30(26)42)40-31(43)28(22-12-14-49-20-22)25(17-36-40)21-11-13-48-19-21/h17,21-28H,4-16,18-20H2,1-3H3,(H,37,46)(H,38,41)(H,44,45)/t21?,22?,23-,24+,25-,26-,27?,28?,35+/m1/s1. The van der Waals surface area contributed by atoms with Crippen LogP contribution in [0.2, 0.25) is 0 Å². The molecule has 5 fully saturated rings. The van der Waals surface area contributed by atoms with Crippen LogP contribution in [0.15, 0.2) is 5.10 Å². The van der Waals surface area contributed by atoms with E-state index in [1.165, 1.54) is 9.91 Å². The minimum Gasteiger partial charge on any atom is -0.479 e. The lowest BCUT2D eigenvalue weighted by Gasteiger charge is -2.39. The zero-order valence-corrected chi connectivity index (χ0v) is 30.7. The lowest BCUT2D eigenvalue weighted by Crippen LogP contribution is -2.56. The molecule has 4 saturated heterocycles. The summed E-state index contributed by atoms with van der Waals surface area (Å²) < 4.78 is 5.51. The maximum Gasteiger partial charge on any atom is 0.408 e. The molecule has 1 aliphatic carbocycles. The van der Waals surface area contributed by atoms with Crippen LogP contribution in [-0.4, -0.2) is 110 Å². The van der Waals surface area contributed by atoms with Crippen molar-refractivity contribution < 1.29 is 33.8 Å². The van der Waals surface area contributed by atoms with Gasteiger partial charge < -0.3 is 25.4 Å². The van der Waals surface area contributed by atoms with E-state index >= 15 is 0 Å². The fourth-order valence-electron chi connectivity index (χ4n) is 8.62. The second-order valence-electron chi connectivity index (χ2n) is 15.9. The molecule has 1 saturated carbocycles. The third-order valence-electron chi connectivity index (χ3n) is 11.3. The van der Waals surface area contributed by atoms with Crippen molar-refractivity contribution >= 4 is 59.5 Å². The molecule has 272 valence electrons. The van der Waals surface area contributed by atoms with Crippen molar-refractivity contribution in [2.24, 2.45) is 34.7 Å². The Bertz CT molecular complexity index is 1310. The highest BCUT2D eigenvalue weighted by Crippen LogP contribution is 2.48. The van der Waals surface area contributed by atoms with Gasteiger partial charge in [-0.2, -0.15) is 28.6 Å². The largest absolute Gasteiger partial charge is 0.479 e. The summed E-state index contributed by atoms with van der Waals surface area (Å²) in [6.45, 7) is 5.32. The number of rotatable bonds is 5. The Morgan fingerprint density at radius 2 is 1.65 bits per heavy atom. The Labute approximate surface area is 298 Å². The van der Waals surface area contributed by atoms with Crippen molar-refractivity contribution in [3.05, 3.63) is 0 Å². The minimum absolute atomic E-state index is 0.0369. The summed E-state index contributed by atoms with van der Waals surface area (Å²) >= 11 is 3.81. The van der Waals surface area contributed by atoms with Gasteiger partial charge >= 0.3 is 12.1 Å². The molecule has 3 N–H and O–H groups in total. The Morgan fingerprint density at radius 3 is 2.31 bits per heavy atom. The summed E-state index contributed by atoms with van der Waals surface area (Å²) in [5.74, 6) is 2.39. The van der Waals surface area contributed by atoms with Crippen LogP contribution in [0.3, 0.4) is 0 Å². The topological polar surface area (TPSA) is 158 Å². The van der Waals surface area contributed by atoms with Gasteiger partial charge in [-0.25, -0.2) is 14.6 Å². The molecule has 6 rings (SSSR count). The number of nitrogens with one attached hydrogen (secondary N) is 2. The van der Waals surface area contributed by atoms with Gasteiger partial charge in [-0.05, 0) is 93.6 Å². The number of thioether (sulfide) groups is 2. The van der Waals surface area contributed by atoms with Gasteiger partial charge in [-0.1, -0.05) is 32.1 Å². The van der Waals surface area contributed by atoms with E-state index in [0.29, 0.717) is 31.6 Å². The summed E-state index contributed by atoms with van der Waals surface area (Å²) in [7, 11) is 0. The van der Waals surface area contributed by atoms with E-state index in [4.69, 9.17) is 9.84 Å². The monoisotopic (exact) mass is 719 g/mol. The molecule has 4 unspecified atom stereocenters. The van der Waals surface area contributed by atoms with Crippen molar-refractivity contribution in [2.75, 3.05) is 29.6 Å². The first kappa shape index (κ1) is 36.3. The molecule has 6 aliphatic rings. The molecule has 49 heavy (non-hydrogen) atoms. The Morgan fingerprint density at radius 1 is 0.980 bits per heavy atom. The first-order valence-electron chi connectivity index (χ1n) is 18.3. The van der Waals surface area contributed by atoms with E-state index in [0.717, 1.165) is 61.5 Å². The molecule has 0 aromatic rings. The van der Waals surface area contributed by atoms with Gasteiger partial charge in [0, 0.05) is 25.1 Å². The summed E-state index contributed by atoms with van der Waals surface area (Å²) in [4.78, 5) is 70.0. The zero-order chi connectivity index (χ0) is 34.9. The highest BCUT2D eigenvalue weighted by Gasteiger charge is 2.62. The van der Waals surface area contributed by atoms with E-state index in [-0.39, 0.29) is 42.5 Å². The quantitative estimate of drug-likeness (QED) is 0.380. The molecule has 0 aromatic heterocycles. The number of carbonyl (C=O) groups excluding carboxylic acids is 4. The van der Waals surface area contributed by atoms with E-state index in [9.17, 15) is 29.1 Å². The molecule has 0 spiro atoms.